The van der Waals surface area contributed by atoms with Crippen LogP contribution in [-0.2, 0) is 4.79 Å². The molecule has 6 nitrogen and oxygen atoms in total. The second kappa shape index (κ2) is 8.94. The van der Waals surface area contributed by atoms with Crippen LogP contribution in [-0.4, -0.2) is 18.6 Å². The molecule has 0 aliphatic carbocycles. The van der Waals surface area contributed by atoms with Gasteiger partial charge in [-0.25, -0.2) is 4.79 Å². The van der Waals surface area contributed by atoms with Gasteiger partial charge in [0.2, 0.25) is 0 Å². The molecule has 0 saturated heterocycles. The van der Waals surface area contributed by atoms with Crippen LogP contribution in [0.25, 0.3) is 11.0 Å². The Morgan fingerprint density at radius 1 is 1.03 bits per heavy atom. The lowest BCUT2D eigenvalue weighted by Gasteiger charge is -2.17. The summed E-state index contributed by atoms with van der Waals surface area (Å²) in [6, 6.07) is 12.3. The molecule has 8 heteroatoms. The number of para-hydroxylation sites is 2. The molecule has 0 aliphatic rings. The third-order valence-corrected chi connectivity index (χ3v) is 4.41. The molecule has 1 aromatic heterocycles. The average molecular weight is 417 g/mol. The number of anilines is 1. The Kier molecular flexibility index (Phi) is 6.34. The molecule has 1 amide bonds. The smallest absolute Gasteiger partial charge is 0.387 e. The van der Waals surface area contributed by atoms with Crippen LogP contribution in [0.3, 0.4) is 0 Å². The van der Waals surface area contributed by atoms with Crippen LogP contribution in [0, 0.1) is 0 Å². The minimum Gasteiger partial charge on any atom is -0.481 e. The molecule has 3 rings (SSSR count). The van der Waals surface area contributed by atoms with Gasteiger partial charge in [0.05, 0.1) is 5.69 Å². The summed E-state index contributed by atoms with van der Waals surface area (Å²) in [4.78, 5) is 24.3. The van der Waals surface area contributed by atoms with Crippen molar-refractivity contribution in [1.82, 2.24) is 0 Å². The summed E-state index contributed by atoms with van der Waals surface area (Å²) in [5.41, 5.74) is 0.843. The van der Waals surface area contributed by atoms with Gasteiger partial charge in [-0.2, -0.15) is 8.78 Å². The molecule has 1 unspecified atom stereocenters. The van der Waals surface area contributed by atoms with Crippen LogP contribution < -0.4 is 20.4 Å². The zero-order valence-corrected chi connectivity index (χ0v) is 16.6. The predicted octanol–water partition coefficient (Wildman–Crippen LogP) is 4.92. The van der Waals surface area contributed by atoms with E-state index in [0.29, 0.717) is 11.3 Å². The summed E-state index contributed by atoms with van der Waals surface area (Å²) in [7, 11) is 0. The van der Waals surface area contributed by atoms with Gasteiger partial charge in [-0.1, -0.05) is 26.0 Å². The average Bonchev–Trinajstić information content (AvgIpc) is 2.68. The van der Waals surface area contributed by atoms with E-state index in [1.807, 2.05) is 13.8 Å². The first-order valence-electron chi connectivity index (χ1n) is 9.33. The second-order valence-electron chi connectivity index (χ2n) is 6.96. The fraction of sp³-hybridized carbons (Fsp3) is 0.273. The van der Waals surface area contributed by atoms with Gasteiger partial charge in [-0.3, -0.25) is 4.79 Å². The van der Waals surface area contributed by atoms with Crippen molar-refractivity contribution >= 4 is 22.6 Å². The number of rotatable bonds is 7. The van der Waals surface area contributed by atoms with E-state index < -0.39 is 24.2 Å². The fourth-order valence-corrected chi connectivity index (χ4v) is 2.98. The van der Waals surface area contributed by atoms with Crippen molar-refractivity contribution in [3.05, 3.63) is 64.5 Å². The van der Waals surface area contributed by atoms with Crippen molar-refractivity contribution in [1.29, 1.82) is 0 Å². The van der Waals surface area contributed by atoms with Gasteiger partial charge >= 0.3 is 12.2 Å². The number of carbonyl (C=O) groups is 1. The van der Waals surface area contributed by atoms with E-state index in [1.165, 1.54) is 31.2 Å². The standard InChI is InChI=1S/C22H21F2NO5/c1-12(2)16-11-20(26)29-19-10-14(8-9-15(16)19)28-13(3)21(27)25-17-6-4-5-7-18(17)30-22(23)24/h4-13,22H,1-3H3,(H,25,27). The summed E-state index contributed by atoms with van der Waals surface area (Å²) >= 11 is 0. The summed E-state index contributed by atoms with van der Waals surface area (Å²) in [6.45, 7) is 2.44. The Hall–Kier alpha value is -3.42. The van der Waals surface area contributed by atoms with Gasteiger partial charge in [0.1, 0.15) is 17.1 Å². The molecule has 0 radical (unpaired) electrons. The highest BCUT2D eigenvalue weighted by Gasteiger charge is 2.19. The number of hydrogen-bond donors (Lipinski definition) is 1. The molecule has 0 spiro atoms. The van der Waals surface area contributed by atoms with Crippen LogP contribution in [0.2, 0.25) is 0 Å². The van der Waals surface area contributed by atoms with Crippen molar-refractivity contribution < 1.29 is 27.5 Å². The SMILES string of the molecule is CC(Oc1ccc2c(C(C)C)cc(=O)oc2c1)C(=O)Nc1ccccc1OC(F)F. The van der Waals surface area contributed by atoms with E-state index in [0.717, 1.165) is 10.9 Å². The largest absolute Gasteiger partial charge is 0.481 e. The van der Waals surface area contributed by atoms with E-state index in [1.54, 1.807) is 24.3 Å². The van der Waals surface area contributed by atoms with Gasteiger partial charge in [-0.15, -0.1) is 0 Å². The van der Waals surface area contributed by atoms with Crippen LogP contribution in [0.1, 0.15) is 32.3 Å². The highest BCUT2D eigenvalue weighted by atomic mass is 19.3. The number of carbonyl (C=O) groups excluding carboxylic acids is 1. The van der Waals surface area contributed by atoms with Crippen molar-refractivity contribution in [3.8, 4) is 11.5 Å². The van der Waals surface area contributed by atoms with E-state index >= 15 is 0 Å². The molecule has 30 heavy (non-hydrogen) atoms. The maximum absolute atomic E-state index is 12.5. The van der Waals surface area contributed by atoms with Gasteiger partial charge in [0.15, 0.2) is 6.10 Å². The zero-order chi connectivity index (χ0) is 21.8. The van der Waals surface area contributed by atoms with Gasteiger partial charge in [-0.05, 0) is 42.7 Å². The Morgan fingerprint density at radius 3 is 2.47 bits per heavy atom. The third kappa shape index (κ3) is 4.94. The minimum absolute atomic E-state index is 0.101. The quantitative estimate of drug-likeness (QED) is 0.552. The molecule has 3 aromatic rings. The molecule has 0 fully saturated rings. The maximum atomic E-state index is 12.5. The number of ether oxygens (including phenoxy) is 2. The normalized spacial score (nSPS) is 12.2. The lowest BCUT2D eigenvalue weighted by Crippen LogP contribution is -2.30. The molecule has 1 atom stereocenters. The lowest BCUT2D eigenvalue weighted by atomic mass is 10.00. The summed E-state index contributed by atoms with van der Waals surface area (Å²) < 4.78 is 40.4. The number of nitrogens with one attached hydrogen (secondary N) is 1. The van der Waals surface area contributed by atoms with Crippen molar-refractivity contribution in [2.75, 3.05) is 5.32 Å². The van der Waals surface area contributed by atoms with Crippen LogP contribution in [0.4, 0.5) is 14.5 Å². The first kappa shape index (κ1) is 21.3. The zero-order valence-electron chi connectivity index (χ0n) is 16.6. The summed E-state index contributed by atoms with van der Waals surface area (Å²) in [5.74, 6) is -0.255. The molecule has 0 saturated carbocycles. The molecule has 0 aliphatic heterocycles. The van der Waals surface area contributed by atoms with Crippen LogP contribution in [0.15, 0.2) is 57.7 Å². The van der Waals surface area contributed by atoms with Gasteiger partial charge < -0.3 is 19.2 Å². The number of alkyl halides is 2. The molecule has 158 valence electrons. The predicted molar refractivity (Wildman–Crippen MR) is 108 cm³/mol. The van der Waals surface area contributed by atoms with Gasteiger partial charge in [0.25, 0.3) is 5.91 Å². The highest BCUT2D eigenvalue weighted by Crippen LogP contribution is 2.28. The molecule has 1 N–H and O–H groups in total. The first-order valence-corrected chi connectivity index (χ1v) is 9.33. The lowest BCUT2D eigenvalue weighted by molar-refractivity contribution is -0.122. The Morgan fingerprint density at radius 2 is 1.77 bits per heavy atom. The number of amides is 1. The number of hydrogen-bond acceptors (Lipinski definition) is 5. The second-order valence-corrected chi connectivity index (χ2v) is 6.96. The monoisotopic (exact) mass is 417 g/mol. The summed E-state index contributed by atoms with van der Waals surface area (Å²) in [6.07, 6.45) is -0.956. The first-order chi connectivity index (χ1) is 14.2. The summed E-state index contributed by atoms with van der Waals surface area (Å²) in [5, 5.41) is 3.29. The molecule has 1 heterocycles. The maximum Gasteiger partial charge on any atom is 0.387 e. The van der Waals surface area contributed by atoms with Crippen LogP contribution in [0.5, 0.6) is 11.5 Å². The van der Waals surface area contributed by atoms with Crippen molar-refractivity contribution in [2.24, 2.45) is 0 Å². The third-order valence-electron chi connectivity index (χ3n) is 4.41. The number of halogens is 2. The Balaban J connectivity index is 1.77. The number of benzene rings is 2. The highest BCUT2D eigenvalue weighted by molar-refractivity contribution is 5.95. The van der Waals surface area contributed by atoms with E-state index in [4.69, 9.17) is 9.15 Å². The Bertz CT molecular complexity index is 1110. The molecule has 2 aromatic carbocycles. The molecular formula is C22H21F2NO5. The van der Waals surface area contributed by atoms with E-state index in [2.05, 4.69) is 10.1 Å². The number of fused-ring (bicyclic) bond motifs is 1. The molecule has 0 bridgehead atoms. The van der Waals surface area contributed by atoms with Crippen molar-refractivity contribution in [2.45, 2.75) is 39.4 Å². The van der Waals surface area contributed by atoms with Crippen LogP contribution >= 0.6 is 0 Å². The molecular weight excluding hydrogens is 396 g/mol. The van der Waals surface area contributed by atoms with E-state index in [-0.39, 0.29) is 17.4 Å². The van der Waals surface area contributed by atoms with Gasteiger partial charge in [0, 0.05) is 17.5 Å². The Labute approximate surface area is 171 Å². The minimum atomic E-state index is -3.01. The topological polar surface area (TPSA) is 77.8 Å². The van der Waals surface area contributed by atoms with E-state index in [9.17, 15) is 18.4 Å². The van der Waals surface area contributed by atoms with Crippen molar-refractivity contribution in [3.63, 3.8) is 0 Å². The fourth-order valence-electron chi connectivity index (χ4n) is 2.98.